The van der Waals surface area contributed by atoms with E-state index >= 15 is 0 Å². The summed E-state index contributed by atoms with van der Waals surface area (Å²) in [4.78, 5) is 0. The Bertz CT molecular complexity index is 196. The first-order valence-corrected chi connectivity index (χ1v) is 7.14. The van der Waals surface area contributed by atoms with Crippen molar-refractivity contribution < 1.29 is 14.6 Å². The van der Waals surface area contributed by atoms with Crippen molar-refractivity contribution in [3.05, 3.63) is 0 Å². The number of aliphatic hydroxyl groups excluding tert-OH is 1. The Hall–Kier alpha value is -0.120. The van der Waals surface area contributed by atoms with Crippen LogP contribution in [-0.2, 0) is 9.47 Å². The maximum absolute atomic E-state index is 9.56. The second-order valence-electron chi connectivity index (χ2n) is 5.06. The van der Waals surface area contributed by atoms with Gasteiger partial charge in [-0.3, -0.25) is 0 Å². The zero-order chi connectivity index (χ0) is 12.7. The first kappa shape index (κ1) is 14.9. The van der Waals surface area contributed by atoms with E-state index in [1.54, 1.807) is 0 Å². The minimum atomic E-state index is -0.327. The van der Waals surface area contributed by atoms with Gasteiger partial charge in [-0.15, -0.1) is 0 Å². The lowest BCUT2D eigenvalue weighted by Gasteiger charge is -2.42. The monoisotopic (exact) mass is 244 g/mol. The summed E-state index contributed by atoms with van der Waals surface area (Å²) >= 11 is 0. The maximum atomic E-state index is 9.56. The summed E-state index contributed by atoms with van der Waals surface area (Å²) in [6, 6.07) is 0. The number of ether oxygens (including phenoxy) is 2. The van der Waals surface area contributed by atoms with Crippen LogP contribution in [0.25, 0.3) is 0 Å². The molecule has 0 aromatic rings. The van der Waals surface area contributed by atoms with Crippen LogP contribution in [0.5, 0.6) is 0 Å². The fourth-order valence-electron chi connectivity index (χ4n) is 2.33. The predicted octanol–water partition coefficient (Wildman–Crippen LogP) is 2.90. The van der Waals surface area contributed by atoms with Gasteiger partial charge in [0.25, 0.3) is 0 Å². The van der Waals surface area contributed by atoms with Gasteiger partial charge in [0.15, 0.2) is 0 Å². The molecule has 1 rings (SSSR count). The number of hydrogen-bond acceptors (Lipinski definition) is 3. The predicted molar refractivity (Wildman–Crippen MR) is 69.1 cm³/mol. The van der Waals surface area contributed by atoms with Crippen LogP contribution >= 0.6 is 0 Å². The Morgan fingerprint density at radius 3 is 2.59 bits per heavy atom. The summed E-state index contributed by atoms with van der Waals surface area (Å²) < 4.78 is 11.4. The van der Waals surface area contributed by atoms with Crippen molar-refractivity contribution in [2.24, 2.45) is 0 Å². The average Bonchev–Trinajstić information content (AvgIpc) is 2.31. The van der Waals surface area contributed by atoms with Gasteiger partial charge in [0.1, 0.15) is 6.10 Å². The van der Waals surface area contributed by atoms with E-state index in [0.29, 0.717) is 6.61 Å². The van der Waals surface area contributed by atoms with Crippen molar-refractivity contribution >= 4 is 0 Å². The van der Waals surface area contributed by atoms with E-state index in [-0.39, 0.29) is 24.4 Å². The Labute approximate surface area is 105 Å². The molecule has 0 heterocycles. The second-order valence-corrected chi connectivity index (χ2v) is 5.06. The molecule has 102 valence electrons. The van der Waals surface area contributed by atoms with E-state index in [1.807, 2.05) is 6.92 Å². The fourth-order valence-corrected chi connectivity index (χ4v) is 2.33. The molecule has 1 aliphatic carbocycles. The van der Waals surface area contributed by atoms with Crippen molar-refractivity contribution in [3.8, 4) is 0 Å². The van der Waals surface area contributed by atoms with Gasteiger partial charge < -0.3 is 14.6 Å². The van der Waals surface area contributed by atoms with Gasteiger partial charge in [0.2, 0.25) is 0 Å². The smallest absolute Gasteiger partial charge is 0.110 e. The van der Waals surface area contributed by atoms with Crippen molar-refractivity contribution in [2.75, 3.05) is 6.61 Å². The molecule has 0 spiro atoms. The highest BCUT2D eigenvalue weighted by Crippen LogP contribution is 2.29. The van der Waals surface area contributed by atoms with E-state index < -0.39 is 0 Å². The Balaban J connectivity index is 2.11. The Morgan fingerprint density at radius 1 is 1.24 bits per heavy atom. The summed E-state index contributed by atoms with van der Waals surface area (Å²) in [5.41, 5.74) is 0. The number of unbranched alkanes of at least 4 members (excludes halogenated alkanes) is 3. The zero-order valence-corrected chi connectivity index (χ0v) is 11.5. The molecule has 1 fully saturated rings. The molecular formula is C14H28O3. The van der Waals surface area contributed by atoms with E-state index in [4.69, 9.17) is 9.47 Å². The molecule has 0 bridgehead atoms. The maximum Gasteiger partial charge on any atom is 0.110 e. The lowest BCUT2D eigenvalue weighted by atomic mass is 9.87. The molecule has 4 unspecified atom stereocenters. The quantitative estimate of drug-likeness (QED) is 0.634. The van der Waals surface area contributed by atoms with Crippen LogP contribution < -0.4 is 0 Å². The highest BCUT2D eigenvalue weighted by molar-refractivity contribution is 4.92. The molecule has 17 heavy (non-hydrogen) atoms. The first-order valence-electron chi connectivity index (χ1n) is 7.14. The highest BCUT2D eigenvalue weighted by atomic mass is 16.6. The standard InChI is InChI=1S/C14H28O3/c1-4-6-7-8-9-11(3)17-13-10-12(15)14(13)16-5-2/h11-15H,4-10H2,1-3H3. The Kier molecular flexibility index (Phi) is 7.09. The summed E-state index contributed by atoms with van der Waals surface area (Å²) in [7, 11) is 0. The Morgan fingerprint density at radius 2 is 2.00 bits per heavy atom. The first-order chi connectivity index (χ1) is 8.19. The molecule has 1 saturated carbocycles. The van der Waals surface area contributed by atoms with Gasteiger partial charge in [-0.2, -0.15) is 0 Å². The molecule has 0 radical (unpaired) electrons. The van der Waals surface area contributed by atoms with Gasteiger partial charge in [0, 0.05) is 13.0 Å². The zero-order valence-electron chi connectivity index (χ0n) is 11.5. The number of aliphatic hydroxyl groups is 1. The molecule has 0 aliphatic heterocycles. The van der Waals surface area contributed by atoms with Gasteiger partial charge in [-0.05, 0) is 20.3 Å². The minimum Gasteiger partial charge on any atom is -0.390 e. The van der Waals surface area contributed by atoms with Crippen molar-refractivity contribution in [1.82, 2.24) is 0 Å². The van der Waals surface area contributed by atoms with E-state index in [1.165, 1.54) is 25.7 Å². The normalized spacial score (nSPS) is 30.0. The van der Waals surface area contributed by atoms with Crippen LogP contribution in [0.2, 0.25) is 0 Å². The van der Waals surface area contributed by atoms with Crippen LogP contribution in [0.4, 0.5) is 0 Å². The summed E-state index contributed by atoms with van der Waals surface area (Å²) in [5.74, 6) is 0. The third-order valence-corrected chi connectivity index (χ3v) is 3.45. The van der Waals surface area contributed by atoms with E-state index in [2.05, 4.69) is 13.8 Å². The average molecular weight is 244 g/mol. The largest absolute Gasteiger partial charge is 0.390 e. The SMILES string of the molecule is CCCCCCC(C)OC1CC(O)C1OCC. The third kappa shape index (κ3) is 4.94. The van der Waals surface area contributed by atoms with Crippen molar-refractivity contribution in [3.63, 3.8) is 0 Å². The molecule has 0 amide bonds. The molecule has 3 nitrogen and oxygen atoms in total. The lowest BCUT2D eigenvalue weighted by molar-refractivity contribution is -0.204. The molecule has 4 atom stereocenters. The van der Waals surface area contributed by atoms with E-state index in [0.717, 1.165) is 12.8 Å². The van der Waals surface area contributed by atoms with Gasteiger partial charge in [0.05, 0.1) is 18.3 Å². The molecule has 0 saturated heterocycles. The number of rotatable bonds is 9. The highest BCUT2D eigenvalue weighted by Gasteiger charge is 2.42. The topological polar surface area (TPSA) is 38.7 Å². The molecule has 1 aliphatic rings. The van der Waals surface area contributed by atoms with Crippen LogP contribution in [0.3, 0.4) is 0 Å². The molecular weight excluding hydrogens is 216 g/mol. The van der Waals surface area contributed by atoms with Crippen LogP contribution in [-0.4, -0.2) is 36.1 Å². The van der Waals surface area contributed by atoms with Gasteiger partial charge >= 0.3 is 0 Å². The molecule has 1 N–H and O–H groups in total. The summed E-state index contributed by atoms with van der Waals surface area (Å²) in [6.45, 7) is 6.95. The fraction of sp³-hybridized carbons (Fsp3) is 1.00. The van der Waals surface area contributed by atoms with Crippen LogP contribution in [0, 0.1) is 0 Å². The molecule has 0 aromatic carbocycles. The van der Waals surface area contributed by atoms with Crippen molar-refractivity contribution in [1.29, 1.82) is 0 Å². The summed E-state index contributed by atoms with van der Waals surface area (Å²) in [6.07, 6.45) is 6.93. The number of hydrogen-bond donors (Lipinski definition) is 1. The van der Waals surface area contributed by atoms with Gasteiger partial charge in [-0.1, -0.05) is 32.6 Å². The van der Waals surface area contributed by atoms with Crippen LogP contribution in [0.1, 0.15) is 59.3 Å². The second kappa shape index (κ2) is 8.06. The molecule has 0 aromatic heterocycles. The van der Waals surface area contributed by atoms with E-state index in [9.17, 15) is 5.11 Å². The summed E-state index contributed by atoms with van der Waals surface area (Å²) in [5, 5.41) is 9.56. The third-order valence-electron chi connectivity index (χ3n) is 3.45. The lowest BCUT2D eigenvalue weighted by Crippen LogP contribution is -2.54. The van der Waals surface area contributed by atoms with Gasteiger partial charge in [-0.25, -0.2) is 0 Å². The van der Waals surface area contributed by atoms with Crippen molar-refractivity contribution in [2.45, 2.75) is 83.7 Å². The molecule has 3 heteroatoms. The van der Waals surface area contributed by atoms with Crippen LogP contribution in [0.15, 0.2) is 0 Å². The minimum absolute atomic E-state index is 0.0990.